The van der Waals surface area contributed by atoms with E-state index in [0.717, 1.165) is 18.2 Å². The third-order valence-corrected chi connectivity index (χ3v) is 4.05. The van der Waals surface area contributed by atoms with Crippen LogP contribution in [0.2, 0.25) is 0 Å². The molecule has 0 spiro atoms. The fourth-order valence-electron chi connectivity index (χ4n) is 2.10. The number of hydrogen-bond acceptors (Lipinski definition) is 4. The molecule has 29 heavy (non-hydrogen) atoms. The van der Waals surface area contributed by atoms with E-state index in [1.54, 1.807) is 0 Å². The predicted octanol–water partition coefficient (Wildman–Crippen LogP) is 3.31. The van der Waals surface area contributed by atoms with Crippen LogP contribution in [0, 0.1) is 23.3 Å². The number of carbonyl (C=O) groups is 3. The van der Waals surface area contributed by atoms with Crippen molar-refractivity contribution in [3.05, 3.63) is 63.6 Å². The highest BCUT2D eigenvalue weighted by Gasteiger charge is 2.15. The van der Waals surface area contributed by atoms with Crippen LogP contribution in [0.25, 0.3) is 0 Å². The number of benzene rings is 2. The molecule has 2 aromatic carbocycles. The Kier molecular flexibility index (Phi) is 7.71. The van der Waals surface area contributed by atoms with Gasteiger partial charge in [0.15, 0.2) is 12.4 Å². The number of anilines is 1. The summed E-state index contributed by atoms with van der Waals surface area (Å²) in [4.78, 5) is 35.1. The van der Waals surface area contributed by atoms with E-state index in [1.807, 2.05) is 0 Å². The topological polar surface area (TPSA) is 84.5 Å². The largest absolute Gasteiger partial charge is 0.456 e. The van der Waals surface area contributed by atoms with E-state index >= 15 is 0 Å². The highest BCUT2D eigenvalue weighted by atomic mass is 79.9. The Morgan fingerprint density at radius 3 is 2.31 bits per heavy atom. The van der Waals surface area contributed by atoms with Gasteiger partial charge in [-0.1, -0.05) is 0 Å². The van der Waals surface area contributed by atoms with Gasteiger partial charge >= 0.3 is 5.97 Å². The number of amides is 2. The van der Waals surface area contributed by atoms with Crippen molar-refractivity contribution in [3.63, 3.8) is 0 Å². The van der Waals surface area contributed by atoms with E-state index in [-0.39, 0.29) is 23.1 Å². The number of rotatable bonds is 7. The average molecular weight is 477 g/mol. The van der Waals surface area contributed by atoms with Gasteiger partial charge in [0.05, 0.1) is 17.7 Å². The molecule has 6 nitrogen and oxygen atoms in total. The van der Waals surface area contributed by atoms with Gasteiger partial charge in [0.1, 0.15) is 17.5 Å². The third kappa shape index (κ3) is 6.56. The molecule has 11 heteroatoms. The van der Waals surface area contributed by atoms with Crippen LogP contribution in [0.5, 0.6) is 0 Å². The smallest absolute Gasteiger partial charge is 0.308 e. The van der Waals surface area contributed by atoms with Crippen molar-refractivity contribution in [1.82, 2.24) is 5.32 Å². The van der Waals surface area contributed by atoms with Crippen molar-refractivity contribution in [3.8, 4) is 0 Å². The maximum absolute atomic E-state index is 13.6. The first-order valence-corrected chi connectivity index (χ1v) is 8.80. The summed E-state index contributed by atoms with van der Waals surface area (Å²) in [5, 5.41) is 4.36. The van der Waals surface area contributed by atoms with Crippen LogP contribution in [0.4, 0.5) is 23.2 Å². The van der Waals surface area contributed by atoms with Gasteiger partial charge in [-0.05, 0) is 34.1 Å². The molecule has 2 amide bonds. The van der Waals surface area contributed by atoms with Crippen molar-refractivity contribution in [2.24, 2.45) is 0 Å². The van der Waals surface area contributed by atoms with Gasteiger partial charge in [-0.3, -0.25) is 14.4 Å². The fourth-order valence-corrected chi connectivity index (χ4v) is 2.61. The molecule has 0 saturated carbocycles. The molecule has 2 aromatic rings. The molecule has 0 aliphatic heterocycles. The maximum Gasteiger partial charge on any atom is 0.308 e. The molecule has 0 fully saturated rings. The number of esters is 1. The first-order valence-electron chi connectivity index (χ1n) is 8.00. The van der Waals surface area contributed by atoms with E-state index in [4.69, 9.17) is 0 Å². The summed E-state index contributed by atoms with van der Waals surface area (Å²) in [7, 11) is 0. The van der Waals surface area contributed by atoms with Gasteiger partial charge in [0.25, 0.3) is 11.8 Å². The second-order valence-corrected chi connectivity index (χ2v) is 6.44. The molecule has 0 radical (unpaired) electrons. The molecule has 0 bridgehead atoms. The summed E-state index contributed by atoms with van der Waals surface area (Å²) >= 11 is 2.89. The van der Waals surface area contributed by atoms with Crippen molar-refractivity contribution >= 4 is 39.4 Å². The SMILES string of the molecule is O=C(COC(=O)CCNC(=O)c1ccc(F)cc1F)Nc1c(F)cc(F)cc1Br. The lowest BCUT2D eigenvalue weighted by Gasteiger charge is -2.10. The normalized spacial score (nSPS) is 10.4. The van der Waals surface area contributed by atoms with Gasteiger partial charge in [-0.2, -0.15) is 0 Å². The monoisotopic (exact) mass is 476 g/mol. The Morgan fingerprint density at radius 1 is 0.966 bits per heavy atom. The first kappa shape index (κ1) is 22.3. The minimum atomic E-state index is -1.05. The fraction of sp³-hybridized carbons (Fsp3) is 0.167. The lowest BCUT2D eigenvalue weighted by molar-refractivity contribution is -0.147. The number of carbonyl (C=O) groups excluding carboxylic acids is 3. The zero-order valence-corrected chi connectivity index (χ0v) is 16.1. The standard InChI is InChI=1S/C18H13BrF4N2O4/c19-12-5-10(21)7-14(23)17(12)25-15(26)8-29-16(27)3-4-24-18(28)11-2-1-9(20)6-13(11)22/h1-2,5-7H,3-4,8H2,(H,24,28)(H,25,26). The molecule has 2 N–H and O–H groups in total. The van der Waals surface area contributed by atoms with Crippen LogP contribution in [0.3, 0.4) is 0 Å². The zero-order chi connectivity index (χ0) is 21.6. The lowest BCUT2D eigenvalue weighted by Crippen LogP contribution is -2.28. The van der Waals surface area contributed by atoms with Crippen LogP contribution >= 0.6 is 15.9 Å². The minimum absolute atomic E-state index is 0.0367. The van der Waals surface area contributed by atoms with Crippen LogP contribution in [0.1, 0.15) is 16.8 Å². The third-order valence-electron chi connectivity index (χ3n) is 3.43. The summed E-state index contributed by atoms with van der Waals surface area (Å²) < 4.78 is 57.5. The number of halogens is 5. The van der Waals surface area contributed by atoms with Gasteiger partial charge in [-0.25, -0.2) is 17.6 Å². The molecule has 0 heterocycles. The second kappa shape index (κ2) is 10.0. The van der Waals surface area contributed by atoms with E-state index in [2.05, 4.69) is 31.3 Å². The van der Waals surface area contributed by atoms with Gasteiger partial charge < -0.3 is 15.4 Å². The molecule has 0 unspecified atom stereocenters. The Bertz CT molecular complexity index is 932. The highest BCUT2D eigenvalue weighted by molar-refractivity contribution is 9.10. The number of hydrogen-bond donors (Lipinski definition) is 2. The van der Waals surface area contributed by atoms with E-state index in [9.17, 15) is 31.9 Å². The first-order chi connectivity index (χ1) is 13.7. The molecule has 0 aliphatic rings. The summed E-state index contributed by atoms with van der Waals surface area (Å²) in [6.07, 6.45) is -0.337. The van der Waals surface area contributed by atoms with Crippen molar-refractivity contribution in [1.29, 1.82) is 0 Å². The summed E-state index contributed by atoms with van der Waals surface area (Å²) in [5.74, 6) is -6.35. The zero-order valence-electron chi connectivity index (χ0n) is 14.5. The molecule has 0 aliphatic carbocycles. The molecular formula is C18H13BrF4N2O4. The lowest BCUT2D eigenvalue weighted by atomic mass is 10.2. The second-order valence-electron chi connectivity index (χ2n) is 5.58. The van der Waals surface area contributed by atoms with Crippen LogP contribution in [-0.2, 0) is 14.3 Å². The summed E-state index contributed by atoms with van der Waals surface area (Å²) in [6.45, 7) is -0.975. The van der Waals surface area contributed by atoms with E-state index in [0.29, 0.717) is 12.1 Å². The van der Waals surface area contributed by atoms with E-state index in [1.165, 1.54) is 0 Å². The molecule has 0 saturated heterocycles. The predicted molar refractivity (Wildman–Crippen MR) is 97.0 cm³/mol. The highest BCUT2D eigenvalue weighted by Crippen LogP contribution is 2.26. The van der Waals surface area contributed by atoms with Gasteiger partial charge in [-0.15, -0.1) is 0 Å². The molecular weight excluding hydrogens is 464 g/mol. The summed E-state index contributed by atoms with van der Waals surface area (Å²) in [5.41, 5.74) is -0.716. The van der Waals surface area contributed by atoms with Crippen LogP contribution < -0.4 is 10.6 Å². The Hall–Kier alpha value is -2.95. The molecule has 154 valence electrons. The van der Waals surface area contributed by atoms with Crippen LogP contribution in [-0.4, -0.2) is 30.9 Å². The summed E-state index contributed by atoms with van der Waals surface area (Å²) in [6, 6.07) is 3.92. The molecule has 2 rings (SSSR count). The van der Waals surface area contributed by atoms with Crippen molar-refractivity contribution in [2.75, 3.05) is 18.5 Å². The minimum Gasteiger partial charge on any atom is -0.456 e. The maximum atomic E-state index is 13.6. The van der Waals surface area contributed by atoms with Crippen molar-refractivity contribution in [2.45, 2.75) is 6.42 Å². The number of ether oxygens (including phenoxy) is 1. The average Bonchev–Trinajstić information content (AvgIpc) is 2.62. The molecule has 0 aromatic heterocycles. The molecule has 0 atom stereocenters. The van der Waals surface area contributed by atoms with Gasteiger partial charge in [0, 0.05) is 23.2 Å². The van der Waals surface area contributed by atoms with Crippen LogP contribution in [0.15, 0.2) is 34.8 Å². The Balaban J connectivity index is 1.75. The number of nitrogens with one attached hydrogen (secondary N) is 2. The quantitative estimate of drug-likeness (QED) is 0.474. The van der Waals surface area contributed by atoms with Crippen molar-refractivity contribution < 1.29 is 36.7 Å². The van der Waals surface area contributed by atoms with Gasteiger partial charge in [0.2, 0.25) is 0 Å². The Labute approximate surface area is 170 Å². The Morgan fingerprint density at radius 2 is 1.66 bits per heavy atom. The van der Waals surface area contributed by atoms with E-state index < -0.39 is 53.2 Å².